The maximum atomic E-state index is 13.7. The highest BCUT2D eigenvalue weighted by atomic mass is 16.5. The summed E-state index contributed by atoms with van der Waals surface area (Å²) in [6.07, 6.45) is 6.84. The molecule has 0 N–H and O–H groups in total. The van der Waals surface area contributed by atoms with Crippen molar-refractivity contribution in [3.8, 4) is 11.5 Å². The van der Waals surface area contributed by atoms with E-state index >= 15 is 0 Å². The Hall–Kier alpha value is -3.35. The number of hydrogen-bond acceptors (Lipinski definition) is 6. The lowest BCUT2D eigenvalue weighted by Crippen LogP contribution is -2.39. The molecule has 1 saturated carbocycles. The minimum atomic E-state index is -0.541. The molecule has 0 spiro atoms. The summed E-state index contributed by atoms with van der Waals surface area (Å²) >= 11 is 0. The van der Waals surface area contributed by atoms with Crippen LogP contribution in [0.25, 0.3) is 0 Å². The number of carbonyl (C=O) groups is 2. The zero-order chi connectivity index (χ0) is 22.2. The topological polar surface area (TPSA) is 78.0 Å². The molecule has 3 aliphatic rings. The molecule has 166 valence electrons. The van der Waals surface area contributed by atoms with Gasteiger partial charge >= 0.3 is 0 Å². The second kappa shape index (κ2) is 8.30. The lowest BCUT2D eigenvalue weighted by atomic mass is 9.77. The van der Waals surface area contributed by atoms with Crippen molar-refractivity contribution < 1.29 is 23.8 Å². The zero-order valence-corrected chi connectivity index (χ0v) is 18.2. The molecule has 1 aromatic heterocycles. The number of rotatable bonds is 5. The monoisotopic (exact) mass is 434 g/mol. The van der Waals surface area contributed by atoms with Crippen LogP contribution in [0.3, 0.4) is 0 Å². The summed E-state index contributed by atoms with van der Waals surface area (Å²) in [5.41, 5.74) is 2.20. The third-order valence-electron chi connectivity index (χ3n) is 6.68. The van der Waals surface area contributed by atoms with Crippen molar-refractivity contribution in [1.29, 1.82) is 0 Å². The number of ketones is 1. The molecule has 1 fully saturated rings. The van der Waals surface area contributed by atoms with Gasteiger partial charge in [0, 0.05) is 18.9 Å². The molecule has 0 bridgehead atoms. The van der Waals surface area contributed by atoms with Gasteiger partial charge in [0.2, 0.25) is 0 Å². The van der Waals surface area contributed by atoms with Crippen LogP contribution in [0, 0.1) is 5.92 Å². The van der Waals surface area contributed by atoms with Gasteiger partial charge in [-0.3, -0.25) is 14.6 Å². The van der Waals surface area contributed by atoms with E-state index in [9.17, 15) is 9.59 Å². The fourth-order valence-corrected chi connectivity index (χ4v) is 5.11. The summed E-state index contributed by atoms with van der Waals surface area (Å²) in [6, 6.07) is 8.74. The highest BCUT2D eigenvalue weighted by Crippen LogP contribution is 2.48. The maximum absolute atomic E-state index is 13.7. The number of hydrogen-bond donors (Lipinski definition) is 0. The molecule has 2 aromatic rings. The van der Waals surface area contributed by atoms with Crippen LogP contribution in [-0.4, -0.2) is 41.9 Å². The number of methoxy groups -OCH3 is 2. The Labute approximate surface area is 187 Å². The van der Waals surface area contributed by atoms with Crippen molar-refractivity contribution in [3.05, 3.63) is 65.2 Å². The van der Waals surface area contributed by atoms with Crippen LogP contribution in [0.4, 0.5) is 0 Å². The molecule has 7 heteroatoms. The molecule has 0 saturated heterocycles. The fourth-order valence-electron chi connectivity index (χ4n) is 5.11. The summed E-state index contributed by atoms with van der Waals surface area (Å²) in [6.45, 7) is 0.347. The van der Waals surface area contributed by atoms with E-state index in [1.54, 1.807) is 37.6 Å². The maximum Gasteiger partial charge on any atom is 0.290 e. The van der Waals surface area contributed by atoms with E-state index in [0.29, 0.717) is 23.6 Å². The van der Waals surface area contributed by atoms with E-state index in [4.69, 9.17) is 14.2 Å². The highest BCUT2D eigenvalue weighted by molar-refractivity contribution is 6.11. The summed E-state index contributed by atoms with van der Waals surface area (Å²) < 4.78 is 17.1. The molecular weight excluding hydrogens is 408 g/mol. The Morgan fingerprint density at radius 1 is 1.03 bits per heavy atom. The molecule has 1 aromatic carbocycles. The van der Waals surface area contributed by atoms with Crippen molar-refractivity contribution in [2.24, 2.45) is 5.92 Å². The molecule has 3 unspecified atom stereocenters. The number of nitrogens with zero attached hydrogens (tertiary/aromatic N) is 2. The number of aromatic nitrogens is 1. The normalized spacial score (nSPS) is 24.7. The molecular formula is C25H26N2O5. The van der Waals surface area contributed by atoms with Crippen LogP contribution in [0.15, 0.2) is 54.1 Å². The van der Waals surface area contributed by atoms with Crippen LogP contribution in [-0.2, 0) is 20.9 Å². The number of Topliss-reactive ketones (excluding diaryl/α,β-unsaturated/α-hetero) is 1. The average Bonchev–Trinajstić information content (AvgIpc) is 3.11. The Bertz CT molecular complexity index is 1080. The van der Waals surface area contributed by atoms with E-state index in [0.717, 1.165) is 36.8 Å². The van der Waals surface area contributed by atoms with Gasteiger partial charge in [0.15, 0.2) is 23.0 Å². The van der Waals surface area contributed by atoms with E-state index in [2.05, 4.69) is 4.98 Å². The minimum absolute atomic E-state index is 0.0429. The van der Waals surface area contributed by atoms with Gasteiger partial charge in [-0.2, -0.15) is 0 Å². The van der Waals surface area contributed by atoms with Gasteiger partial charge in [-0.15, -0.1) is 0 Å². The molecule has 2 aliphatic heterocycles. The Morgan fingerprint density at radius 3 is 2.53 bits per heavy atom. The van der Waals surface area contributed by atoms with Crippen molar-refractivity contribution in [2.75, 3.05) is 14.2 Å². The molecule has 32 heavy (non-hydrogen) atoms. The van der Waals surface area contributed by atoms with Gasteiger partial charge < -0.3 is 19.1 Å². The number of pyridine rings is 1. The molecule has 5 rings (SSSR count). The first-order chi connectivity index (χ1) is 15.6. The predicted molar refractivity (Wildman–Crippen MR) is 116 cm³/mol. The van der Waals surface area contributed by atoms with Crippen molar-refractivity contribution >= 4 is 11.7 Å². The summed E-state index contributed by atoms with van der Waals surface area (Å²) in [4.78, 5) is 33.0. The predicted octanol–water partition coefficient (Wildman–Crippen LogP) is 3.59. The first kappa shape index (κ1) is 20.5. The smallest absolute Gasteiger partial charge is 0.290 e. The lowest BCUT2D eigenvalue weighted by molar-refractivity contribution is -0.135. The van der Waals surface area contributed by atoms with E-state index in [1.807, 2.05) is 24.3 Å². The Kier molecular flexibility index (Phi) is 5.33. The standard InChI is InChI=1S/C25H26N2O5/c1-30-19-8-7-16(13-20(19)31-2)22-21-23(28)17-5-3-4-6-18(17)32-24(21)25(29)27(22)14-15-9-11-26-12-10-15/h7-13,17-18,22H,3-6,14H2,1-2H3. The molecule has 1 aliphatic carbocycles. The van der Waals surface area contributed by atoms with Crippen LogP contribution >= 0.6 is 0 Å². The van der Waals surface area contributed by atoms with Crippen LogP contribution in [0.2, 0.25) is 0 Å². The Morgan fingerprint density at radius 2 is 1.78 bits per heavy atom. The molecule has 7 nitrogen and oxygen atoms in total. The lowest BCUT2D eigenvalue weighted by Gasteiger charge is -2.35. The quantitative estimate of drug-likeness (QED) is 0.716. The van der Waals surface area contributed by atoms with E-state index in [1.165, 1.54) is 0 Å². The third-order valence-corrected chi connectivity index (χ3v) is 6.68. The second-order valence-electron chi connectivity index (χ2n) is 8.46. The fraction of sp³-hybridized carbons (Fsp3) is 0.400. The van der Waals surface area contributed by atoms with Crippen LogP contribution in [0.1, 0.15) is 42.9 Å². The number of carbonyl (C=O) groups excluding carboxylic acids is 2. The average molecular weight is 434 g/mol. The zero-order valence-electron chi connectivity index (χ0n) is 18.2. The highest BCUT2D eigenvalue weighted by Gasteiger charge is 2.52. The number of ether oxygens (including phenoxy) is 3. The molecule has 1 amide bonds. The second-order valence-corrected chi connectivity index (χ2v) is 8.46. The Balaban J connectivity index is 1.61. The van der Waals surface area contributed by atoms with Gasteiger partial charge in [0.1, 0.15) is 6.10 Å². The number of fused-ring (bicyclic) bond motifs is 1. The summed E-state index contributed by atoms with van der Waals surface area (Å²) in [5.74, 6) is 0.977. The number of amides is 1. The summed E-state index contributed by atoms with van der Waals surface area (Å²) in [7, 11) is 3.15. The SMILES string of the molecule is COc1ccc(C2C3=C(OC4CCCCC4C3=O)C(=O)N2Cc2ccncc2)cc1OC. The number of benzene rings is 1. The van der Waals surface area contributed by atoms with Crippen molar-refractivity contribution in [3.63, 3.8) is 0 Å². The van der Waals surface area contributed by atoms with Gasteiger partial charge in [-0.25, -0.2) is 0 Å². The molecule has 3 atom stereocenters. The van der Waals surface area contributed by atoms with Gasteiger partial charge in [0.25, 0.3) is 5.91 Å². The van der Waals surface area contributed by atoms with Gasteiger partial charge in [0.05, 0.1) is 31.8 Å². The van der Waals surface area contributed by atoms with Gasteiger partial charge in [-0.05, 0) is 54.7 Å². The first-order valence-electron chi connectivity index (χ1n) is 11.0. The van der Waals surface area contributed by atoms with Crippen LogP contribution in [0.5, 0.6) is 11.5 Å². The molecule has 0 radical (unpaired) electrons. The first-order valence-corrected chi connectivity index (χ1v) is 11.0. The van der Waals surface area contributed by atoms with Crippen molar-refractivity contribution in [1.82, 2.24) is 9.88 Å². The largest absolute Gasteiger partial charge is 0.493 e. The molecule has 3 heterocycles. The van der Waals surface area contributed by atoms with Gasteiger partial charge in [-0.1, -0.05) is 12.5 Å². The van der Waals surface area contributed by atoms with Crippen molar-refractivity contribution in [2.45, 2.75) is 44.4 Å². The minimum Gasteiger partial charge on any atom is -0.493 e. The van der Waals surface area contributed by atoms with E-state index in [-0.39, 0.29) is 29.5 Å². The van der Waals surface area contributed by atoms with Crippen LogP contribution < -0.4 is 9.47 Å². The van der Waals surface area contributed by atoms with E-state index < -0.39 is 6.04 Å². The third kappa shape index (κ3) is 3.32. The summed E-state index contributed by atoms with van der Waals surface area (Å²) in [5, 5.41) is 0.